The first-order valence-corrected chi connectivity index (χ1v) is 11.4. The highest BCUT2D eigenvalue weighted by atomic mass is 16.3. The number of hydrogen-bond acceptors (Lipinski definition) is 6. The minimum atomic E-state index is -0.228. The molecule has 2 aliphatic rings. The molecular formula is C25H29N5O4. The number of aromatic nitrogens is 1. The van der Waals surface area contributed by atoms with Gasteiger partial charge in [0, 0.05) is 50.1 Å². The van der Waals surface area contributed by atoms with Crippen LogP contribution in [0.25, 0.3) is 6.08 Å². The average molecular weight is 464 g/mol. The van der Waals surface area contributed by atoms with Crippen LogP contribution in [0.3, 0.4) is 0 Å². The molecule has 9 nitrogen and oxygen atoms in total. The number of nitrogens with one attached hydrogen (secondary N) is 2. The fourth-order valence-electron chi connectivity index (χ4n) is 4.69. The Labute approximate surface area is 198 Å². The molecule has 3 heterocycles. The number of anilines is 1. The monoisotopic (exact) mass is 463 g/mol. The van der Waals surface area contributed by atoms with Crippen molar-refractivity contribution in [1.29, 1.82) is 0 Å². The summed E-state index contributed by atoms with van der Waals surface area (Å²) in [5, 5.41) is 5.60. The number of rotatable bonds is 7. The number of nitrogens with zero attached hydrogens (tertiary/aromatic N) is 3. The van der Waals surface area contributed by atoms with Gasteiger partial charge < -0.3 is 20.0 Å². The van der Waals surface area contributed by atoms with Gasteiger partial charge in [-0.15, -0.1) is 0 Å². The highest BCUT2D eigenvalue weighted by Crippen LogP contribution is 2.59. The minimum absolute atomic E-state index is 0.0564. The maximum absolute atomic E-state index is 12.9. The van der Waals surface area contributed by atoms with Crippen LogP contribution in [-0.4, -0.2) is 54.0 Å². The number of piperidine rings is 1. The lowest BCUT2D eigenvalue weighted by molar-refractivity contribution is -0.114. The fourth-order valence-corrected chi connectivity index (χ4v) is 4.69. The molecule has 1 spiro atoms. The molecule has 1 saturated carbocycles. The predicted octanol–water partition coefficient (Wildman–Crippen LogP) is 3.29. The first kappa shape index (κ1) is 23.4. The molecule has 2 aromatic heterocycles. The van der Waals surface area contributed by atoms with Crippen molar-refractivity contribution in [3.05, 3.63) is 53.2 Å². The van der Waals surface area contributed by atoms with E-state index in [0.717, 1.165) is 24.8 Å². The van der Waals surface area contributed by atoms with Crippen LogP contribution in [0, 0.1) is 18.3 Å². The molecule has 1 unspecified atom stereocenters. The Bertz CT molecular complexity index is 1140. The summed E-state index contributed by atoms with van der Waals surface area (Å²) in [6.45, 7) is 8.55. The second kappa shape index (κ2) is 9.62. The van der Waals surface area contributed by atoms with Crippen molar-refractivity contribution in [2.24, 2.45) is 16.3 Å². The summed E-state index contributed by atoms with van der Waals surface area (Å²) in [5.41, 5.74) is 1.50. The Hall–Kier alpha value is -3.75. The molecule has 9 heteroatoms. The van der Waals surface area contributed by atoms with Crippen LogP contribution in [0.2, 0.25) is 0 Å². The number of aryl methyl sites for hydroxylation is 1. The first-order valence-electron chi connectivity index (χ1n) is 11.4. The third-order valence-corrected chi connectivity index (χ3v) is 6.76. The van der Waals surface area contributed by atoms with Crippen LogP contribution in [0.15, 0.2) is 40.0 Å². The number of carbonyl (C=O) groups is 3. The van der Waals surface area contributed by atoms with Gasteiger partial charge >= 0.3 is 0 Å². The molecule has 0 aromatic carbocycles. The minimum Gasteiger partial charge on any atom is -0.456 e. The molecule has 0 radical (unpaired) electrons. The molecule has 3 amide bonds. The van der Waals surface area contributed by atoms with Crippen LogP contribution in [0.5, 0.6) is 0 Å². The fraction of sp³-hybridized carbons (Fsp3) is 0.400. The van der Waals surface area contributed by atoms with Crippen LogP contribution >= 0.6 is 0 Å². The number of aliphatic imine (C=N–C) groups is 1. The second-order valence-electron chi connectivity index (χ2n) is 9.00. The van der Waals surface area contributed by atoms with E-state index < -0.39 is 0 Å². The highest BCUT2D eigenvalue weighted by molar-refractivity contribution is 5.96. The summed E-state index contributed by atoms with van der Waals surface area (Å²) in [5.74, 6) is 1.21. The normalized spacial score (nSPS) is 18.6. The largest absolute Gasteiger partial charge is 0.456 e. The summed E-state index contributed by atoms with van der Waals surface area (Å²) >= 11 is 0. The van der Waals surface area contributed by atoms with Crippen molar-refractivity contribution in [2.45, 2.75) is 33.1 Å². The van der Waals surface area contributed by atoms with Crippen LogP contribution in [0.1, 0.15) is 58.4 Å². The predicted molar refractivity (Wildman–Crippen MR) is 129 cm³/mol. The van der Waals surface area contributed by atoms with Gasteiger partial charge in [-0.25, -0.2) is 4.98 Å². The lowest BCUT2D eigenvalue weighted by atomic mass is 9.90. The first-order chi connectivity index (χ1) is 16.3. The molecule has 0 bridgehead atoms. The zero-order valence-electron chi connectivity index (χ0n) is 19.5. The van der Waals surface area contributed by atoms with Gasteiger partial charge in [0.1, 0.15) is 11.6 Å². The van der Waals surface area contributed by atoms with Gasteiger partial charge in [0.25, 0.3) is 11.8 Å². The molecule has 1 aliphatic carbocycles. The van der Waals surface area contributed by atoms with E-state index in [1.54, 1.807) is 37.4 Å². The van der Waals surface area contributed by atoms with E-state index >= 15 is 0 Å². The molecule has 2 fully saturated rings. The third-order valence-electron chi connectivity index (χ3n) is 6.76. The standard InChI is InChI=1S/C25H29N5O4/c1-16-18(4-8-26-3)12-21(34-16)23(32)28-15-20-14-25(20)6-10-30(11-7-25)24(33)19-5-9-27-22(13-19)29-17(2)31/h4-5,8-9,12-13,20H,3,6-7,10-11,14-15H2,1-2H3,(H,28,32)(H,27,29,31)/b8-4-. The van der Waals surface area contributed by atoms with Crippen LogP contribution < -0.4 is 10.6 Å². The van der Waals surface area contributed by atoms with E-state index in [1.165, 1.54) is 13.1 Å². The average Bonchev–Trinajstić information content (AvgIpc) is 3.35. The van der Waals surface area contributed by atoms with Gasteiger partial charge in [0.15, 0.2) is 5.76 Å². The van der Waals surface area contributed by atoms with E-state index in [4.69, 9.17) is 4.42 Å². The third kappa shape index (κ3) is 5.08. The Morgan fingerprint density at radius 3 is 2.79 bits per heavy atom. The van der Waals surface area contributed by atoms with Gasteiger partial charge in [-0.1, -0.05) is 0 Å². The molecule has 2 N–H and O–H groups in total. The lowest BCUT2D eigenvalue weighted by Crippen LogP contribution is -2.40. The van der Waals surface area contributed by atoms with Crippen molar-refractivity contribution in [1.82, 2.24) is 15.2 Å². The van der Waals surface area contributed by atoms with Crippen molar-refractivity contribution in [3.63, 3.8) is 0 Å². The van der Waals surface area contributed by atoms with E-state index in [-0.39, 0.29) is 28.9 Å². The van der Waals surface area contributed by atoms with Crippen molar-refractivity contribution in [2.75, 3.05) is 25.0 Å². The Morgan fingerprint density at radius 1 is 1.32 bits per heavy atom. The van der Waals surface area contributed by atoms with Gasteiger partial charge in [-0.05, 0) is 68.5 Å². The Kier molecular flexibility index (Phi) is 6.63. The molecule has 1 atom stereocenters. The van der Waals surface area contributed by atoms with Gasteiger partial charge in [0.05, 0.1) is 0 Å². The number of hydrogen-bond donors (Lipinski definition) is 2. The second-order valence-corrected chi connectivity index (χ2v) is 9.00. The number of pyridine rings is 1. The summed E-state index contributed by atoms with van der Waals surface area (Å²) in [4.78, 5) is 46.3. The zero-order valence-corrected chi connectivity index (χ0v) is 19.5. The Balaban J connectivity index is 1.27. The molecule has 178 valence electrons. The summed E-state index contributed by atoms with van der Waals surface area (Å²) in [6, 6.07) is 4.98. The Morgan fingerprint density at radius 2 is 2.09 bits per heavy atom. The van der Waals surface area contributed by atoms with Crippen LogP contribution in [-0.2, 0) is 4.79 Å². The zero-order chi connectivity index (χ0) is 24.3. The van der Waals surface area contributed by atoms with Crippen molar-refractivity contribution >= 4 is 36.3 Å². The molecule has 34 heavy (non-hydrogen) atoms. The summed E-state index contributed by atoms with van der Waals surface area (Å²) < 4.78 is 5.58. The van der Waals surface area contributed by atoms with Gasteiger partial charge in [-0.2, -0.15) is 0 Å². The maximum atomic E-state index is 12.9. The van der Waals surface area contributed by atoms with E-state index in [9.17, 15) is 14.4 Å². The molecule has 4 rings (SSSR count). The SMILES string of the molecule is C=N/C=C\c1cc(C(=O)NCC2CC23CCN(C(=O)c2ccnc(NC(C)=O)c2)CC3)oc1C. The number of furan rings is 1. The summed E-state index contributed by atoms with van der Waals surface area (Å²) in [7, 11) is 0. The van der Waals surface area contributed by atoms with E-state index in [1.807, 2.05) is 4.90 Å². The highest BCUT2D eigenvalue weighted by Gasteiger charge is 2.54. The smallest absolute Gasteiger partial charge is 0.287 e. The van der Waals surface area contributed by atoms with E-state index in [2.05, 4.69) is 27.3 Å². The quantitative estimate of drug-likeness (QED) is 0.611. The topological polar surface area (TPSA) is 117 Å². The van der Waals surface area contributed by atoms with Gasteiger partial charge in [0.2, 0.25) is 5.91 Å². The number of likely N-dealkylation sites (tertiary alicyclic amines) is 1. The molecule has 2 aromatic rings. The molecule has 1 aliphatic heterocycles. The number of carbonyl (C=O) groups excluding carboxylic acids is 3. The van der Waals surface area contributed by atoms with Crippen molar-refractivity contribution in [3.8, 4) is 0 Å². The van der Waals surface area contributed by atoms with Gasteiger partial charge in [-0.3, -0.25) is 19.4 Å². The number of amides is 3. The summed E-state index contributed by atoms with van der Waals surface area (Å²) in [6.07, 6.45) is 7.70. The molecular weight excluding hydrogens is 434 g/mol. The lowest BCUT2D eigenvalue weighted by Gasteiger charge is -2.33. The molecule has 1 saturated heterocycles. The van der Waals surface area contributed by atoms with Crippen molar-refractivity contribution < 1.29 is 18.8 Å². The van der Waals surface area contributed by atoms with Crippen LogP contribution in [0.4, 0.5) is 5.82 Å². The van der Waals surface area contributed by atoms with E-state index in [0.29, 0.717) is 42.7 Å². The maximum Gasteiger partial charge on any atom is 0.287 e.